The molecule has 130 valence electrons. The average molecular weight is 322 g/mol. The van der Waals surface area contributed by atoms with Crippen molar-refractivity contribution in [2.24, 2.45) is 0 Å². The van der Waals surface area contributed by atoms with Crippen molar-refractivity contribution >= 4 is 5.97 Å². The minimum absolute atomic E-state index is 0.134. The number of carbonyl (C=O) groups is 1. The molecular weight excluding hydrogens is 292 g/mol. The van der Waals surface area contributed by atoms with Crippen molar-refractivity contribution in [2.75, 3.05) is 19.8 Å². The third kappa shape index (κ3) is 6.61. The Balaban J connectivity index is 2.55. The lowest BCUT2D eigenvalue weighted by molar-refractivity contribution is -0.143. The molecule has 0 aliphatic rings. The highest BCUT2D eigenvalue weighted by Gasteiger charge is 2.20. The summed E-state index contributed by atoms with van der Waals surface area (Å²) in [5.74, 6) is 0.157. The lowest BCUT2D eigenvalue weighted by Crippen LogP contribution is -2.13. The summed E-state index contributed by atoms with van der Waals surface area (Å²) in [6.45, 7) is 11.7. The third-order valence-corrected chi connectivity index (χ3v) is 3.69. The van der Waals surface area contributed by atoms with Gasteiger partial charge in [0.05, 0.1) is 6.61 Å². The Morgan fingerprint density at radius 1 is 1.22 bits per heavy atom. The normalized spacial score (nSPS) is 11.5. The maximum atomic E-state index is 11.8. The molecule has 0 fully saturated rings. The van der Waals surface area contributed by atoms with Crippen LogP contribution in [-0.4, -0.2) is 30.9 Å². The van der Waals surface area contributed by atoms with Gasteiger partial charge in [0.25, 0.3) is 0 Å². The van der Waals surface area contributed by atoms with Crippen LogP contribution >= 0.6 is 0 Å². The Bertz CT molecular complexity index is 515. The van der Waals surface area contributed by atoms with Crippen LogP contribution in [0.2, 0.25) is 0 Å². The molecule has 0 aliphatic heterocycles. The lowest BCUT2D eigenvalue weighted by atomic mass is 9.83. The number of phenolic OH excluding ortho intramolecular Hbond substituents is 1. The Morgan fingerprint density at radius 3 is 2.52 bits per heavy atom. The standard InChI is InChI=1S/C19H30O4/c1-6-22-10-7-11-23-17(20)9-8-15-12-14(2)18(21)16(13-15)19(3,4)5/h12-13,21H,6-11H2,1-5H3. The van der Waals surface area contributed by atoms with Crippen LogP contribution in [0.1, 0.15) is 57.2 Å². The fraction of sp³-hybridized carbons (Fsp3) is 0.632. The van der Waals surface area contributed by atoms with Crippen LogP contribution in [0.15, 0.2) is 12.1 Å². The maximum absolute atomic E-state index is 11.8. The lowest BCUT2D eigenvalue weighted by Gasteiger charge is -2.22. The van der Waals surface area contributed by atoms with Crippen LogP contribution in [0.4, 0.5) is 0 Å². The van der Waals surface area contributed by atoms with E-state index in [1.165, 1.54) is 0 Å². The van der Waals surface area contributed by atoms with Gasteiger partial charge in [-0.15, -0.1) is 0 Å². The van der Waals surface area contributed by atoms with Crippen LogP contribution in [0.25, 0.3) is 0 Å². The molecule has 0 aliphatic carbocycles. The summed E-state index contributed by atoms with van der Waals surface area (Å²) in [6, 6.07) is 3.93. The van der Waals surface area contributed by atoms with E-state index < -0.39 is 0 Å². The summed E-state index contributed by atoms with van der Waals surface area (Å²) in [5.41, 5.74) is 2.68. The van der Waals surface area contributed by atoms with Crippen LogP contribution in [0, 0.1) is 6.92 Å². The number of phenols is 1. The summed E-state index contributed by atoms with van der Waals surface area (Å²) in [7, 11) is 0. The SMILES string of the molecule is CCOCCCOC(=O)CCc1cc(C)c(O)c(C(C)(C)C)c1. The maximum Gasteiger partial charge on any atom is 0.306 e. The zero-order valence-corrected chi connectivity index (χ0v) is 15.1. The molecule has 0 amide bonds. The molecular formula is C19H30O4. The predicted octanol–water partition coefficient (Wildman–Crippen LogP) is 3.90. The van der Waals surface area contributed by atoms with E-state index in [2.05, 4.69) is 20.8 Å². The first-order valence-corrected chi connectivity index (χ1v) is 8.32. The number of benzene rings is 1. The zero-order valence-electron chi connectivity index (χ0n) is 15.1. The highest BCUT2D eigenvalue weighted by atomic mass is 16.5. The third-order valence-electron chi connectivity index (χ3n) is 3.69. The number of aromatic hydroxyl groups is 1. The number of hydrogen-bond acceptors (Lipinski definition) is 4. The molecule has 0 spiro atoms. The number of aryl methyl sites for hydroxylation is 2. The van der Waals surface area contributed by atoms with Crippen molar-refractivity contribution in [1.82, 2.24) is 0 Å². The number of carbonyl (C=O) groups excluding carboxylic acids is 1. The second kappa shape index (κ2) is 8.92. The van der Waals surface area contributed by atoms with Crippen molar-refractivity contribution in [3.05, 3.63) is 28.8 Å². The fourth-order valence-electron chi connectivity index (χ4n) is 2.38. The predicted molar refractivity (Wildman–Crippen MR) is 91.9 cm³/mol. The smallest absolute Gasteiger partial charge is 0.306 e. The molecule has 0 saturated heterocycles. The van der Waals surface area contributed by atoms with Crippen molar-refractivity contribution in [3.8, 4) is 5.75 Å². The molecule has 0 heterocycles. The van der Waals surface area contributed by atoms with E-state index in [-0.39, 0.29) is 11.4 Å². The van der Waals surface area contributed by atoms with Crippen LogP contribution in [0.5, 0.6) is 5.75 Å². The van der Waals surface area contributed by atoms with Gasteiger partial charge >= 0.3 is 5.97 Å². The summed E-state index contributed by atoms with van der Waals surface area (Å²) in [5, 5.41) is 10.2. The first-order valence-electron chi connectivity index (χ1n) is 8.32. The molecule has 1 rings (SSSR count). The number of rotatable bonds is 8. The van der Waals surface area contributed by atoms with E-state index in [4.69, 9.17) is 9.47 Å². The van der Waals surface area contributed by atoms with Gasteiger partial charge < -0.3 is 14.6 Å². The van der Waals surface area contributed by atoms with Gasteiger partial charge in [-0.05, 0) is 42.4 Å². The van der Waals surface area contributed by atoms with Gasteiger partial charge in [0.2, 0.25) is 0 Å². The molecule has 0 saturated carbocycles. The summed E-state index contributed by atoms with van der Waals surface area (Å²) >= 11 is 0. The molecule has 4 heteroatoms. The minimum atomic E-state index is -0.190. The van der Waals surface area contributed by atoms with Gasteiger partial charge in [-0.1, -0.05) is 32.9 Å². The molecule has 4 nitrogen and oxygen atoms in total. The van der Waals surface area contributed by atoms with Gasteiger partial charge in [0.1, 0.15) is 5.75 Å². The topological polar surface area (TPSA) is 55.8 Å². The summed E-state index contributed by atoms with van der Waals surface area (Å²) in [4.78, 5) is 11.8. The number of ether oxygens (including phenoxy) is 2. The van der Waals surface area contributed by atoms with Gasteiger partial charge in [0.15, 0.2) is 0 Å². The highest BCUT2D eigenvalue weighted by molar-refractivity contribution is 5.69. The van der Waals surface area contributed by atoms with Crippen molar-refractivity contribution in [3.63, 3.8) is 0 Å². The van der Waals surface area contributed by atoms with E-state index in [0.717, 1.165) is 23.1 Å². The minimum Gasteiger partial charge on any atom is -0.507 e. The number of esters is 1. The molecule has 1 aromatic rings. The summed E-state index contributed by atoms with van der Waals surface area (Å²) in [6.07, 6.45) is 1.70. The van der Waals surface area contributed by atoms with Gasteiger partial charge in [-0.25, -0.2) is 0 Å². The van der Waals surface area contributed by atoms with Gasteiger partial charge in [-0.2, -0.15) is 0 Å². The molecule has 0 radical (unpaired) electrons. The Hall–Kier alpha value is -1.55. The zero-order chi connectivity index (χ0) is 17.5. The van der Waals surface area contributed by atoms with E-state index in [1.54, 1.807) is 0 Å². The van der Waals surface area contributed by atoms with Crippen LogP contribution < -0.4 is 0 Å². The molecule has 1 N–H and O–H groups in total. The number of hydrogen-bond donors (Lipinski definition) is 1. The first-order chi connectivity index (χ1) is 10.8. The Labute approximate surface area is 139 Å². The monoisotopic (exact) mass is 322 g/mol. The molecule has 0 unspecified atom stereocenters. The first kappa shape index (κ1) is 19.5. The summed E-state index contributed by atoms with van der Waals surface area (Å²) < 4.78 is 10.4. The fourth-order valence-corrected chi connectivity index (χ4v) is 2.38. The molecule has 0 atom stereocenters. The second-order valence-electron chi connectivity index (χ2n) is 6.83. The van der Waals surface area contributed by atoms with E-state index in [1.807, 2.05) is 26.0 Å². The van der Waals surface area contributed by atoms with Crippen molar-refractivity contribution in [1.29, 1.82) is 0 Å². The van der Waals surface area contributed by atoms with E-state index in [0.29, 0.717) is 38.4 Å². The van der Waals surface area contributed by atoms with Crippen molar-refractivity contribution < 1.29 is 19.4 Å². The molecule has 0 bridgehead atoms. The van der Waals surface area contributed by atoms with Gasteiger partial charge in [-0.3, -0.25) is 4.79 Å². The van der Waals surface area contributed by atoms with E-state index in [9.17, 15) is 9.90 Å². The Kier molecular flexibility index (Phi) is 7.56. The highest BCUT2D eigenvalue weighted by Crippen LogP contribution is 2.34. The van der Waals surface area contributed by atoms with Crippen LogP contribution in [-0.2, 0) is 26.1 Å². The molecule has 1 aromatic carbocycles. The average Bonchev–Trinajstić information content (AvgIpc) is 2.47. The van der Waals surface area contributed by atoms with Gasteiger partial charge in [0, 0.05) is 26.1 Å². The Morgan fingerprint density at radius 2 is 1.91 bits per heavy atom. The van der Waals surface area contributed by atoms with Crippen molar-refractivity contribution in [2.45, 2.75) is 59.3 Å². The molecule has 23 heavy (non-hydrogen) atoms. The molecule has 0 aromatic heterocycles. The van der Waals surface area contributed by atoms with Crippen LogP contribution in [0.3, 0.4) is 0 Å². The second-order valence-corrected chi connectivity index (χ2v) is 6.83. The largest absolute Gasteiger partial charge is 0.507 e. The quantitative estimate of drug-likeness (QED) is 0.582. The van der Waals surface area contributed by atoms with E-state index >= 15 is 0 Å².